The minimum Gasteiger partial charge on any atom is -0.382 e. The summed E-state index contributed by atoms with van der Waals surface area (Å²) in [7, 11) is 1.68. The summed E-state index contributed by atoms with van der Waals surface area (Å²) in [5.41, 5.74) is 0. The van der Waals surface area contributed by atoms with Crippen molar-refractivity contribution in [2.75, 3.05) is 40.0 Å². The molecule has 0 aliphatic carbocycles. The van der Waals surface area contributed by atoms with Crippen LogP contribution in [0.1, 0.15) is 174 Å². The number of carbonyl (C=O) groups is 1. The molecular weight excluding hydrogens is 470 g/mol. The molecule has 0 aliphatic heterocycles. The van der Waals surface area contributed by atoms with Crippen LogP contribution in [0.25, 0.3) is 0 Å². The first-order valence-corrected chi connectivity index (χ1v) is 17.1. The standard InChI is InChI=1S/C34H69NO3/c1-4-6-8-10-12-14-16-18-20-22-24-26-29-35(34(36)28-31-38-33-32-37-3)30-27-25-23-21-19-17-15-13-11-9-7-5-2/h4-33H2,1-3H3. The summed E-state index contributed by atoms with van der Waals surface area (Å²) < 4.78 is 10.6. The van der Waals surface area contributed by atoms with Gasteiger partial charge in [0.25, 0.3) is 0 Å². The monoisotopic (exact) mass is 540 g/mol. The fourth-order valence-electron chi connectivity index (χ4n) is 5.21. The van der Waals surface area contributed by atoms with Gasteiger partial charge in [0.15, 0.2) is 0 Å². The fraction of sp³-hybridized carbons (Fsp3) is 0.971. The topological polar surface area (TPSA) is 38.8 Å². The highest BCUT2D eigenvalue weighted by Gasteiger charge is 2.13. The van der Waals surface area contributed by atoms with Gasteiger partial charge in [0.05, 0.1) is 26.2 Å². The van der Waals surface area contributed by atoms with E-state index in [0.717, 1.165) is 25.9 Å². The van der Waals surface area contributed by atoms with Crippen molar-refractivity contribution in [2.24, 2.45) is 0 Å². The van der Waals surface area contributed by atoms with Gasteiger partial charge in [0, 0.05) is 20.2 Å². The molecule has 0 N–H and O–H groups in total. The Bertz CT molecular complexity index is 429. The summed E-state index contributed by atoms with van der Waals surface area (Å²) in [6.07, 6.45) is 33.1. The lowest BCUT2D eigenvalue weighted by Crippen LogP contribution is -2.33. The number of hydrogen-bond donors (Lipinski definition) is 0. The van der Waals surface area contributed by atoms with Crippen LogP contribution < -0.4 is 0 Å². The summed E-state index contributed by atoms with van der Waals surface area (Å²) in [6.45, 7) is 8.09. The van der Waals surface area contributed by atoms with E-state index in [2.05, 4.69) is 18.7 Å². The molecule has 0 aromatic rings. The first-order valence-electron chi connectivity index (χ1n) is 17.1. The number of ether oxygens (including phenoxy) is 2. The van der Waals surface area contributed by atoms with Crippen molar-refractivity contribution < 1.29 is 14.3 Å². The van der Waals surface area contributed by atoms with E-state index in [0.29, 0.717) is 26.2 Å². The molecule has 0 spiro atoms. The van der Waals surface area contributed by atoms with Crippen LogP contribution in [0.4, 0.5) is 0 Å². The van der Waals surface area contributed by atoms with Gasteiger partial charge in [-0.15, -0.1) is 0 Å². The molecule has 0 aliphatic rings. The summed E-state index contributed by atoms with van der Waals surface area (Å²) in [6, 6.07) is 0. The second kappa shape index (κ2) is 32.6. The second-order valence-corrected chi connectivity index (χ2v) is 11.5. The van der Waals surface area contributed by atoms with Gasteiger partial charge in [-0.2, -0.15) is 0 Å². The van der Waals surface area contributed by atoms with E-state index >= 15 is 0 Å². The highest BCUT2D eigenvalue weighted by atomic mass is 16.5. The van der Waals surface area contributed by atoms with Gasteiger partial charge in [-0.3, -0.25) is 4.79 Å². The fourth-order valence-corrected chi connectivity index (χ4v) is 5.21. The third-order valence-electron chi connectivity index (χ3n) is 7.81. The van der Waals surface area contributed by atoms with Crippen molar-refractivity contribution in [3.63, 3.8) is 0 Å². The van der Waals surface area contributed by atoms with Crippen LogP contribution in [0.2, 0.25) is 0 Å². The smallest absolute Gasteiger partial charge is 0.224 e. The molecule has 0 aromatic carbocycles. The van der Waals surface area contributed by atoms with Gasteiger partial charge in [-0.25, -0.2) is 0 Å². The van der Waals surface area contributed by atoms with Crippen molar-refractivity contribution >= 4 is 5.91 Å². The third-order valence-corrected chi connectivity index (χ3v) is 7.81. The van der Waals surface area contributed by atoms with Crippen molar-refractivity contribution in [3.05, 3.63) is 0 Å². The number of rotatable bonds is 32. The Morgan fingerprint density at radius 3 is 1.16 bits per heavy atom. The second-order valence-electron chi connectivity index (χ2n) is 11.5. The number of unbranched alkanes of at least 4 members (excludes halogenated alkanes) is 22. The lowest BCUT2D eigenvalue weighted by molar-refractivity contribution is -0.132. The lowest BCUT2D eigenvalue weighted by Gasteiger charge is -2.23. The highest BCUT2D eigenvalue weighted by Crippen LogP contribution is 2.14. The molecule has 0 rings (SSSR count). The minimum absolute atomic E-state index is 0.272. The molecule has 0 heterocycles. The SMILES string of the molecule is CCCCCCCCCCCCCCN(CCCCCCCCCCCCCC)C(=O)CCOCCOC. The van der Waals surface area contributed by atoms with E-state index in [1.807, 2.05) is 0 Å². The van der Waals surface area contributed by atoms with Crippen molar-refractivity contribution in [1.82, 2.24) is 4.90 Å². The van der Waals surface area contributed by atoms with Crippen LogP contribution in [-0.4, -0.2) is 50.8 Å². The Morgan fingerprint density at radius 1 is 0.474 bits per heavy atom. The largest absolute Gasteiger partial charge is 0.382 e. The van der Waals surface area contributed by atoms with Crippen molar-refractivity contribution in [3.8, 4) is 0 Å². The molecule has 0 aromatic heterocycles. The lowest BCUT2D eigenvalue weighted by atomic mass is 10.0. The Kier molecular flexibility index (Phi) is 32.1. The average molecular weight is 540 g/mol. The molecule has 4 heteroatoms. The zero-order valence-electron chi connectivity index (χ0n) is 26.4. The van der Waals surface area contributed by atoms with Crippen molar-refractivity contribution in [2.45, 2.75) is 174 Å². The van der Waals surface area contributed by atoms with E-state index < -0.39 is 0 Å². The molecule has 0 radical (unpaired) electrons. The summed E-state index contributed by atoms with van der Waals surface area (Å²) in [5.74, 6) is 0.272. The van der Waals surface area contributed by atoms with Crippen molar-refractivity contribution in [1.29, 1.82) is 0 Å². The molecule has 0 bridgehead atoms. The summed E-state index contributed by atoms with van der Waals surface area (Å²) >= 11 is 0. The zero-order valence-corrected chi connectivity index (χ0v) is 26.4. The normalized spacial score (nSPS) is 11.3. The van der Waals surface area contributed by atoms with Gasteiger partial charge in [0.2, 0.25) is 5.91 Å². The molecule has 0 fully saturated rings. The molecule has 228 valence electrons. The van der Waals surface area contributed by atoms with Gasteiger partial charge in [-0.1, -0.05) is 155 Å². The van der Waals surface area contributed by atoms with Gasteiger partial charge < -0.3 is 14.4 Å². The van der Waals surface area contributed by atoms with E-state index in [9.17, 15) is 4.79 Å². The maximum Gasteiger partial charge on any atom is 0.224 e. The highest BCUT2D eigenvalue weighted by molar-refractivity contribution is 5.76. The molecule has 0 atom stereocenters. The molecule has 4 nitrogen and oxygen atoms in total. The summed E-state index contributed by atoms with van der Waals surface area (Å²) in [4.78, 5) is 15.0. The first kappa shape index (κ1) is 37.4. The minimum atomic E-state index is 0.272. The first-order chi connectivity index (χ1) is 18.8. The van der Waals surface area contributed by atoms with Gasteiger partial charge in [0.1, 0.15) is 0 Å². The number of amides is 1. The maximum atomic E-state index is 12.9. The summed E-state index contributed by atoms with van der Waals surface area (Å²) in [5, 5.41) is 0. The van der Waals surface area contributed by atoms with Crippen LogP contribution in [0.5, 0.6) is 0 Å². The van der Waals surface area contributed by atoms with Crippen LogP contribution >= 0.6 is 0 Å². The Balaban J connectivity index is 3.94. The zero-order chi connectivity index (χ0) is 27.8. The van der Waals surface area contributed by atoms with Crippen LogP contribution in [-0.2, 0) is 14.3 Å². The van der Waals surface area contributed by atoms with Crippen LogP contribution in [0, 0.1) is 0 Å². The molecule has 0 unspecified atom stereocenters. The molecule has 38 heavy (non-hydrogen) atoms. The third kappa shape index (κ3) is 28.4. The molecular formula is C34H69NO3. The quantitative estimate of drug-likeness (QED) is 0.0798. The van der Waals surface area contributed by atoms with Gasteiger partial charge >= 0.3 is 0 Å². The van der Waals surface area contributed by atoms with E-state index in [1.165, 1.54) is 141 Å². The number of carbonyl (C=O) groups excluding carboxylic acids is 1. The Hall–Kier alpha value is -0.610. The predicted octanol–water partition coefficient (Wildman–Crippen LogP) is 10.3. The van der Waals surface area contributed by atoms with Crippen LogP contribution in [0.3, 0.4) is 0 Å². The number of methoxy groups -OCH3 is 1. The van der Waals surface area contributed by atoms with Gasteiger partial charge in [-0.05, 0) is 12.8 Å². The molecule has 0 saturated heterocycles. The predicted molar refractivity (Wildman–Crippen MR) is 166 cm³/mol. The number of hydrogen-bond acceptors (Lipinski definition) is 3. The van der Waals surface area contributed by atoms with E-state index in [-0.39, 0.29) is 5.91 Å². The molecule has 1 amide bonds. The van der Waals surface area contributed by atoms with Crippen LogP contribution in [0.15, 0.2) is 0 Å². The maximum absolute atomic E-state index is 12.9. The van der Waals surface area contributed by atoms with E-state index in [4.69, 9.17) is 9.47 Å². The number of nitrogens with zero attached hydrogens (tertiary/aromatic N) is 1. The Morgan fingerprint density at radius 2 is 0.816 bits per heavy atom. The average Bonchev–Trinajstić information content (AvgIpc) is 2.92. The van der Waals surface area contributed by atoms with E-state index in [1.54, 1.807) is 7.11 Å². The molecule has 0 saturated carbocycles. The Labute approximate surface area is 239 Å².